The van der Waals surface area contributed by atoms with Crippen LogP contribution in [0.4, 0.5) is 5.82 Å². The van der Waals surface area contributed by atoms with Gasteiger partial charge in [0.25, 0.3) is 10.0 Å². The van der Waals surface area contributed by atoms with Crippen molar-refractivity contribution in [3.63, 3.8) is 0 Å². The Kier molecular flexibility index (Phi) is 8.83. The summed E-state index contributed by atoms with van der Waals surface area (Å²) in [7, 11) is -0.0588. The molecule has 1 aromatic heterocycles. The SMILES string of the molecule is CN(C)CCOc1cc(COc2cc(Br)cnc2NS(=O)(=O)c2ccccc2Cl)ccc1Cl. The summed E-state index contributed by atoms with van der Waals surface area (Å²) in [6.07, 6.45) is 1.47. The summed E-state index contributed by atoms with van der Waals surface area (Å²) in [5.74, 6) is 0.825. The van der Waals surface area contributed by atoms with E-state index in [1.165, 1.54) is 18.3 Å². The average molecular weight is 575 g/mol. The number of hydrogen-bond acceptors (Lipinski definition) is 6. The Morgan fingerprint density at radius 1 is 1.03 bits per heavy atom. The molecule has 0 aliphatic rings. The van der Waals surface area contributed by atoms with E-state index in [1.54, 1.807) is 36.4 Å². The molecule has 7 nitrogen and oxygen atoms in total. The van der Waals surface area contributed by atoms with E-state index in [1.807, 2.05) is 19.0 Å². The second-order valence-corrected chi connectivity index (χ2v) is 10.6. The number of sulfonamides is 1. The third-order valence-electron chi connectivity index (χ3n) is 4.36. The number of anilines is 1. The molecule has 11 heteroatoms. The molecule has 0 radical (unpaired) electrons. The van der Waals surface area contributed by atoms with Crippen LogP contribution in [-0.4, -0.2) is 45.5 Å². The van der Waals surface area contributed by atoms with E-state index in [4.69, 9.17) is 32.7 Å². The summed E-state index contributed by atoms with van der Waals surface area (Å²) in [4.78, 5) is 6.11. The third kappa shape index (κ3) is 7.22. The molecular weight excluding hydrogens is 553 g/mol. The van der Waals surface area contributed by atoms with Crippen molar-refractivity contribution < 1.29 is 17.9 Å². The van der Waals surface area contributed by atoms with E-state index >= 15 is 0 Å². The molecule has 0 saturated heterocycles. The van der Waals surface area contributed by atoms with E-state index in [0.29, 0.717) is 21.9 Å². The van der Waals surface area contributed by atoms with Gasteiger partial charge in [-0.15, -0.1) is 0 Å². The Bertz CT molecular complexity index is 1230. The lowest BCUT2D eigenvalue weighted by Crippen LogP contribution is -2.19. The number of rotatable bonds is 10. The molecule has 0 fully saturated rings. The van der Waals surface area contributed by atoms with Crippen LogP contribution in [0.5, 0.6) is 11.5 Å². The summed E-state index contributed by atoms with van der Waals surface area (Å²) >= 11 is 15.6. The fraction of sp³-hybridized carbons (Fsp3) is 0.227. The van der Waals surface area contributed by atoms with Gasteiger partial charge in [-0.05, 0) is 65.9 Å². The minimum absolute atomic E-state index is 0.0366. The number of benzene rings is 2. The van der Waals surface area contributed by atoms with Gasteiger partial charge in [0.05, 0.1) is 10.0 Å². The molecule has 3 rings (SSSR count). The largest absolute Gasteiger partial charge is 0.491 e. The maximum Gasteiger partial charge on any atom is 0.264 e. The van der Waals surface area contributed by atoms with Gasteiger partial charge < -0.3 is 14.4 Å². The zero-order valence-corrected chi connectivity index (χ0v) is 21.8. The van der Waals surface area contributed by atoms with Gasteiger partial charge in [0.1, 0.15) is 23.9 Å². The highest BCUT2D eigenvalue weighted by Crippen LogP contribution is 2.31. The highest BCUT2D eigenvalue weighted by Gasteiger charge is 2.20. The molecule has 0 atom stereocenters. The van der Waals surface area contributed by atoms with E-state index in [0.717, 1.165) is 12.1 Å². The summed E-state index contributed by atoms with van der Waals surface area (Å²) in [5, 5.41) is 0.599. The average Bonchev–Trinajstić information content (AvgIpc) is 2.75. The quantitative estimate of drug-likeness (QED) is 0.346. The van der Waals surface area contributed by atoms with Gasteiger partial charge in [-0.3, -0.25) is 4.72 Å². The van der Waals surface area contributed by atoms with Crippen molar-refractivity contribution in [1.82, 2.24) is 9.88 Å². The Morgan fingerprint density at radius 2 is 1.79 bits per heavy atom. The summed E-state index contributed by atoms with van der Waals surface area (Å²) in [6, 6.07) is 13.1. The fourth-order valence-corrected chi connectivity index (χ4v) is 4.72. The lowest BCUT2D eigenvalue weighted by Gasteiger charge is -2.15. The van der Waals surface area contributed by atoms with Gasteiger partial charge in [0.15, 0.2) is 11.6 Å². The van der Waals surface area contributed by atoms with Crippen LogP contribution < -0.4 is 14.2 Å². The topological polar surface area (TPSA) is 80.8 Å². The highest BCUT2D eigenvalue weighted by atomic mass is 79.9. The Balaban J connectivity index is 1.77. The molecule has 0 spiro atoms. The minimum Gasteiger partial charge on any atom is -0.491 e. The highest BCUT2D eigenvalue weighted by molar-refractivity contribution is 9.10. The number of pyridine rings is 1. The first-order valence-electron chi connectivity index (χ1n) is 9.77. The molecule has 0 aliphatic carbocycles. The van der Waals surface area contributed by atoms with Crippen LogP contribution in [0.1, 0.15) is 5.56 Å². The van der Waals surface area contributed by atoms with Crippen molar-refractivity contribution in [2.75, 3.05) is 32.0 Å². The Morgan fingerprint density at radius 3 is 2.52 bits per heavy atom. The van der Waals surface area contributed by atoms with Crippen LogP contribution in [0.25, 0.3) is 0 Å². The van der Waals surface area contributed by atoms with Gasteiger partial charge in [-0.2, -0.15) is 0 Å². The minimum atomic E-state index is -3.97. The molecule has 2 aromatic carbocycles. The van der Waals surface area contributed by atoms with Gasteiger partial charge in [-0.25, -0.2) is 13.4 Å². The molecule has 0 bridgehead atoms. The zero-order chi connectivity index (χ0) is 24.0. The van der Waals surface area contributed by atoms with Crippen molar-refractivity contribution in [2.24, 2.45) is 0 Å². The van der Waals surface area contributed by atoms with Crippen molar-refractivity contribution in [3.8, 4) is 11.5 Å². The number of ether oxygens (including phenoxy) is 2. The van der Waals surface area contributed by atoms with E-state index < -0.39 is 10.0 Å². The van der Waals surface area contributed by atoms with Crippen LogP contribution in [-0.2, 0) is 16.6 Å². The van der Waals surface area contributed by atoms with E-state index in [-0.39, 0.29) is 28.1 Å². The van der Waals surface area contributed by atoms with Crippen LogP contribution >= 0.6 is 39.1 Å². The molecule has 33 heavy (non-hydrogen) atoms. The summed E-state index contributed by atoms with van der Waals surface area (Å²) in [5.41, 5.74) is 0.791. The van der Waals surface area contributed by atoms with Gasteiger partial charge in [0.2, 0.25) is 0 Å². The van der Waals surface area contributed by atoms with Crippen molar-refractivity contribution in [3.05, 3.63) is 74.8 Å². The van der Waals surface area contributed by atoms with Crippen LogP contribution in [0.2, 0.25) is 10.0 Å². The molecular formula is C22H22BrCl2N3O4S. The Hall–Kier alpha value is -2.04. The molecule has 1 heterocycles. The van der Waals surface area contributed by atoms with E-state index in [2.05, 4.69) is 25.6 Å². The summed E-state index contributed by atoms with van der Waals surface area (Å²) < 4.78 is 40.4. The van der Waals surface area contributed by atoms with Crippen molar-refractivity contribution in [2.45, 2.75) is 11.5 Å². The fourth-order valence-electron chi connectivity index (χ4n) is 2.70. The van der Waals surface area contributed by atoms with Crippen LogP contribution in [0.15, 0.2) is 64.1 Å². The van der Waals surface area contributed by atoms with Crippen molar-refractivity contribution in [1.29, 1.82) is 0 Å². The molecule has 176 valence electrons. The number of halogens is 3. The molecule has 0 aliphatic heterocycles. The van der Waals surface area contributed by atoms with E-state index in [9.17, 15) is 8.42 Å². The molecule has 0 unspecified atom stereocenters. The lowest BCUT2D eigenvalue weighted by molar-refractivity contribution is 0.260. The maximum atomic E-state index is 12.8. The maximum absolute atomic E-state index is 12.8. The first kappa shape index (κ1) is 25.6. The van der Waals surface area contributed by atoms with Gasteiger partial charge >= 0.3 is 0 Å². The van der Waals surface area contributed by atoms with Gasteiger partial charge in [0, 0.05) is 17.2 Å². The molecule has 3 aromatic rings. The number of hydrogen-bond donors (Lipinski definition) is 1. The standard InChI is InChI=1S/C22H22BrCl2N3O4S/c1-28(2)9-10-31-19-11-15(7-8-17(19)24)14-32-20-12-16(23)13-26-22(20)27-33(29,30)21-6-4-3-5-18(21)25/h3-8,11-13H,9-10,14H2,1-2H3,(H,26,27). The molecule has 0 amide bonds. The number of nitrogens with zero attached hydrogens (tertiary/aromatic N) is 2. The van der Waals surface area contributed by atoms with Crippen LogP contribution in [0, 0.1) is 0 Å². The normalized spacial score (nSPS) is 11.5. The van der Waals surface area contributed by atoms with Gasteiger partial charge in [-0.1, -0.05) is 41.4 Å². The Labute approximate surface area is 211 Å². The second kappa shape index (κ2) is 11.4. The van der Waals surface area contributed by atoms with Crippen LogP contribution in [0.3, 0.4) is 0 Å². The smallest absolute Gasteiger partial charge is 0.264 e. The second-order valence-electron chi connectivity index (χ2n) is 7.24. The third-order valence-corrected chi connectivity index (χ3v) is 6.95. The number of nitrogens with one attached hydrogen (secondary N) is 1. The molecule has 0 saturated carbocycles. The predicted molar refractivity (Wildman–Crippen MR) is 134 cm³/mol. The first-order chi connectivity index (χ1) is 15.7. The monoisotopic (exact) mass is 573 g/mol. The summed E-state index contributed by atoms with van der Waals surface area (Å²) in [6.45, 7) is 1.37. The zero-order valence-electron chi connectivity index (χ0n) is 17.9. The number of likely N-dealkylation sites (N-methyl/N-ethyl adjacent to an activating group) is 1. The van der Waals surface area contributed by atoms with Crippen molar-refractivity contribution >= 4 is 55.0 Å². The number of aromatic nitrogens is 1. The predicted octanol–water partition coefficient (Wildman–Crippen LogP) is 5.47. The lowest BCUT2D eigenvalue weighted by atomic mass is 10.2. The first-order valence-corrected chi connectivity index (χ1v) is 12.8. The molecule has 1 N–H and O–H groups in total.